The van der Waals surface area contributed by atoms with E-state index in [0.29, 0.717) is 44.4 Å². The van der Waals surface area contributed by atoms with E-state index in [9.17, 15) is 14.7 Å². The molecule has 8 nitrogen and oxygen atoms in total. The molecule has 0 saturated carbocycles. The predicted molar refractivity (Wildman–Crippen MR) is 89.6 cm³/mol. The van der Waals surface area contributed by atoms with Gasteiger partial charge in [0, 0.05) is 45.8 Å². The molecule has 2 saturated heterocycles. The molecular formula is C17H26N4O4. The van der Waals surface area contributed by atoms with Crippen LogP contribution in [0.5, 0.6) is 0 Å². The number of hydrogen-bond donors (Lipinski definition) is 1. The van der Waals surface area contributed by atoms with Crippen LogP contribution in [0.2, 0.25) is 0 Å². The summed E-state index contributed by atoms with van der Waals surface area (Å²) in [4.78, 5) is 32.4. The lowest BCUT2D eigenvalue weighted by Crippen LogP contribution is -2.54. The van der Waals surface area contributed by atoms with E-state index in [0.717, 1.165) is 6.42 Å². The zero-order chi connectivity index (χ0) is 18.0. The average Bonchev–Trinajstić information content (AvgIpc) is 3.22. The molecule has 3 unspecified atom stereocenters. The molecule has 25 heavy (non-hydrogen) atoms. The molecule has 2 amide bonds. The van der Waals surface area contributed by atoms with E-state index >= 15 is 0 Å². The predicted octanol–water partition coefficient (Wildman–Crippen LogP) is -0.581. The Kier molecular flexibility index (Phi) is 5.39. The van der Waals surface area contributed by atoms with Gasteiger partial charge in [0.05, 0.1) is 18.6 Å². The fraction of sp³-hybridized carbons (Fsp3) is 0.706. The van der Waals surface area contributed by atoms with Crippen molar-refractivity contribution in [2.45, 2.75) is 32.0 Å². The lowest BCUT2D eigenvalue weighted by atomic mass is 10.1. The second-order valence-corrected chi connectivity index (χ2v) is 7.06. The lowest BCUT2D eigenvalue weighted by Gasteiger charge is -2.36. The molecule has 0 bridgehead atoms. The summed E-state index contributed by atoms with van der Waals surface area (Å²) >= 11 is 0. The molecule has 1 aromatic heterocycles. The lowest BCUT2D eigenvalue weighted by molar-refractivity contribution is -0.149. The minimum absolute atomic E-state index is 0.0190. The Morgan fingerprint density at radius 2 is 2.00 bits per heavy atom. The summed E-state index contributed by atoms with van der Waals surface area (Å²) in [6.07, 6.45) is 2.95. The third kappa shape index (κ3) is 4.19. The van der Waals surface area contributed by atoms with Gasteiger partial charge in [0.2, 0.25) is 0 Å². The monoisotopic (exact) mass is 350 g/mol. The van der Waals surface area contributed by atoms with Crippen molar-refractivity contribution in [3.63, 3.8) is 0 Å². The maximum atomic E-state index is 12.4. The first-order valence-electron chi connectivity index (χ1n) is 8.78. The number of amides is 2. The van der Waals surface area contributed by atoms with E-state index in [1.807, 2.05) is 7.05 Å². The number of piperazine rings is 1. The van der Waals surface area contributed by atoms with Crippen molar-refractivity contribution in [2.75, 3.05) is 32.8 Å². The van der Waals surface area contributed by atoms with Crippen LogP contribution in [0.4, 0.5) is 0 Å². The van der Waals surface area contributed by atoms with Gasteiger partial charge >= 0.3 is 0 Å². The summed E-state index contributed by atoms with van der Waals surface area (Å²) in [5.41, 5.74) is 0.685. The van der Waals surface area contributed by atoms with Gasteiger partial charge in [0.25, 0.3) is 11.8 Å². The Bertz CT molecular complexity index is 624. The van der Waals surface area contributed by atoms with Gasteiger partial charge in [0.1, 0.15) is 12.2 Å². The summed E-state index contributed by atoms with van der Waals surface area (Å²) in [6.45, 7) is 4.55. The van der Waals surface area contributed by atoms with Gasteiger partial charge in [-0.25, -0.2) is 4.98 Å². The molecule has 0 radical (unpaired) electrons. The number of carbonyl (C=O) groups excluding carboxylic acids is 2. The molecule has 1 N–H and O–H groups in total. The Balaban J connectivity index is 1.48. The number of carbonyl (C=O) groups is 2. The molecule has 8 heteroatoms. The summed E-state index contributed by atoms with van der Waals surface area (Å²) in [5, 5.41) is 10.2. The highest BCUT2D eigenvalue weighted by atomic mass is 16.5. The summed E-state index contributed by atoms with van der Waals surface area (Å²) in [6, 6.07) is 0. The first-order chi connectivity index (χ1) is 11.9. The van der Waals surface area contributed by atoms with Gasteiger partial charge in [-0.2, -0.15) is 0 Å². The minimum atomic E-state index is -1.10. The van der Waals surface area contributed by atoms with Crippen LogP contribution < -0.4 is 0 Å². The van der Waals surface area contributed by atoms with Crippen molar-refractivity contribution in [3.8, 4) is 0 Å². The first kappa shape index (κ1) is 17.9. The standard InChI is InChI=1S/C17H26N4O4/c1-12-7-15(25-10-12)17(24)21-5-3-20(4-6-21)16(23)14(22)8-13-9-19(2)11-18-13/h9,11-12,14-15,22H,3-8,10H2,1-2H3. The maximum absolute atomic E-state index is 12.4. The van der Waals surface area contributed by atoms with Gasteiger partial charge in [0.15, 0.2) is 0 Å². The van der Waals surface area contributed by atoms with Crippen LogP contribution in [-0.2, 0) is 27.8 Å². The van der Waals surface area contributed by atoms with Crippen molar-refractivity contribution < 1.29 is 19.4 Å². The molecule has 2 fully saturated rings. The number of aryl methyl sites for hydroxylation is 1. The van der Waals surface area contributed by atoms with Crippen molar-refractivity contribution in [1.82, 2.24) is 19.4 Å². The number of nitrogens with zero attached hydrogens (tertiary/aromatic N) is 4. The number of aromatic nitrogens is 2. The molecule has 0 aromatic carbocycles. The zero-order valence-electron chi connectivity index (χ0n) is 14.8. The van der Waals surface area contributed by atoms with E-state index in [1.165, 1.54) is 0 Å². The normalized spacial score (nSPS) is 25.2. The molecule has 138 valence electrons. The van der Waals surface area contributed by atoms with E-state index < -0.39 is 6.10 Å². The number of aliphatic hydroxyl groups excluding tert-OH is 1. The summed E-state index contributed by atoms with van der Waals surface area (Å²) in [5.74, 6) is 0.132. The van der Waals surface area contributed by atoms with Gasteiger partial charge in [-0.1, -0.05) is 6.92 Å². The van der Waals surface area contributed by atoms with Crippen molar-refractivity contribution in [2.24, 2.45) is 13.0 Å². The third-order valence-corrected chi connectivity index (χ3v) is 4.82. The minimum Gasteiger partial charge on any atom is -0.383 e. The van der Waals surface area contributed by atoms with Gasteiger partial charge < -0.3 is 24.2 Å². The van der Waals surface area contributed by atoms with Crippen molar-refractivity contribution in [1.29, 1.82) is 0 Å². The van der Waals surface area contributed by atoms with Gasteiger partial charge in [-0.3, -0.25) is 9.59 Å². The van der Waals surface area contributed by atoms with Crippen LogP contribution in [0.1, 0.15) is 19.0 Å². The zero-order valence-corrected chi connectivity index (χ0v) is 14.8. The van der Waals surface area contributed by atoms with Crippen molar-refractivity contribution >= 4 is 11.8 Å². The Labute approximate surface area is 147 Å². The van der Waals surface area contributed by atoms with E-state index in [2.05, 4.69) is 11.9 Å². The van der Waals surface area contributed by atoms with Gasteiger partial charge in [-0.15, -0.1) is 0 Å². The Morgan fingerprint density at radius 3 is 2.56 bits per heavy atom. The van der Waals surface area contributed by atoms with Crippen LogP contribution in [-0.4, -0.2) is 81.3 Å². The highest BCUT2D eigenvalue weighted by Crippen LogP contribution is 2.21. The second-order valence-electron chi connectivity index (χ2n) is 7.06. The summed E-state index contributed by atoms with van der Waals surface area (Å²) in [7, 11) is 1.84. The van der Waals surface area contributed by atoms with Crippen LogP contribution in [0.15, 0.2) is 12.5 Å². The Morgan fingerprint density at radius 1 is 1.32 bits per heavy atom. The van der Waals surface area contributed by atoms with Crippen LogP contribution in [0, 0.1) is 5.92 Å². The first-order valence-corrected chi connectivity index (χ1v) is 8.78. The van der Waals surface area contributed by atoms with Crippen LogP contribution in [0.3, 0.4) is 0 Å². The highest BCUT2D eigenvalue weighted by Gasteiger charge is 2.34. The van der Waals surface area contributed by atoms with Gasteiger partial charge in [-0.05, 0) is 12.3 Å². The molecule has 3 rings (SSSR count). The molecule has 2 aliphatic heterocycles. The summed E-state index contributed by atoms with van der Waals surface area (Å²) < 4.78 is 7.32. The van der Waals surface area contributed by atoms with Crippen LogP contribution >= 0.6 is 0 Å². The SMILES string of the molecule is CC1COC(C(=O)N2CCN(C(=O)C(O)Cc3cn(C)cn3)CC2)C1. The van der Waals surface area contributed by atoms with Crippen molar-refractivity contribution in [3.05, 3.63) is 18.2 Å². The molecular weight excluding hydrogens is 324 g/mol. The molecule has 0 aliphatic carbocycles. The second kappa shape index (κ2) is 7.53. The highest BCUT2D eigenvalue weighted by molar-refractivity contribution is 5.83. The quantitative estimate of drug-likeness (QED) is 0.785. The molecule has 2 aliphatic rings. The Hall–Kier alpha value is -1.93. The smallest absolute Gasteiger partial charge is 0.251 e. The van der Waals surface area contributed by atoms with Crippen LogP contribution in [0.25, 0.3) is 0 Å². The topological polar surface area (TPSA) is 87.9 Å². The number of rotatable bonds is 4. The van der Waals surface area contributed by atoms with E-state index in [4.69, 9.17) is 4.74 Å². The number of hydrogen-bond acceptors (Lipinski definition) is 5. The largest absolute Gasteiger partial charge is 0.383 e. The number of imidazole rings is 1. The van der Waals surface area contributed by atoms with E-state index in [-0.39, 0.29) is 24.3 Å². The fourth-order valence-electron chi connectivity index (χ4n) is 3.37. The van der Waals surface area contributed by atoms with E-state index in [1.54, 1.807) is 26.9 Å². The fourth-order valence-corrected chi connectivity index (χ4v) is 3.37. The molecule has 3 atom stereocenters. The maximum Gasteiger partial charge on any atom is 0.251 e. The molecule has 0 spiro atoms. The number of aliphatic hydroxyl groups is 1. The number of ether oxygens (including phenoxy) is 1. The third-order valence-electron chi connectivity index (χ3n) is 4.82. The molecule has 3 heterocycles. The molecule has 1 aromatic rings. The average molecular weight is 350 g/mol.